The Labute approximate surface area is 122 Å². The predicted molar refractivity (Wildman–Crippen MR) is 81.9 cm³/mol. The summed E-state index contributed by atoms with van der Waals surface area (Å²) in [6.45, 7) is 5.89. The molecular weight excluding hydrogens is 268 g/mol. The zero-order valence-corrected chi connectivity index (χ0v) is 12.5. The zero-order valence-electron chi connectivity index (χ0n) is 12.5. The van der Waals surface area contributed by atoms with Crippen LogP contribution in [0.3, 0.4) is 0 Å². The number of benzene rings is 1. The lowest BCUT2D eigenvalue weighted by Gasteiger charge is -2.17. The van der Waals surface area contributed by atoms with Crippen molar-refractivity contribution in [2.75, 3.05) is 0 Å². The molecule has 1 aromatic carbocycles. The Morgan fingerprint density at radius 2 is 1.76 bits per heavy atom. The lowest BCUT2D eigenvalue weighted by molar-refractivity contribution is 0.380. The number of aromatic nitrogens is 2. The quantitative estimate of drug-likeness (QED) is 0.905. The van der Waals surface area contributed by atoms with E-state index >= 15 is 0 Å². The highest BCUT2D eigenvalue weighted by molar-refractivity contribution is 5.26. The van der Waals surface area contributed by atoms with Crippen molar-refractivity contribution in [1.29, 1.82) is 0 Å². The summed E-state index contributed by atoms with van der Waals surface area (Å²) in [5.74, 6) is -0.352. The first-order valence-electron chi connectivity index (χ1n) is 7.02. The Morgan fingerprint density at radius 1 is 1.14 bits per heavy atom. The third kappa shape index (κ3) is 3.07. The SMILES string of the molecule is CC(C)c1c(O)n(CC(C)c2ccccc2)c(=O)[nH]c1=O. The highest BCUT2D eigenvalue weighted by Gasteiger charge is 2.18. The second kappa shape index (κ2) is 5.99. The van der Waals surface area contributed by atoms with Crippen LogP contribution in [-0.2, 0) is 6.54 Å². The van der Waals surface area contributed by atoms with Crippen LogP contribution in [0.4, 0.5) is 0 Å². The van der Waals surface area contributed by atoms with Gasteiger partial charge in [-0.3, -0.25) is 14.3 Å². The topological polar surface area (TPSA) is 75.1 Å². The van der Waals surface area contributed by atoms with Crippen molar-refractivity contribution in [3.63, 3.8) is 0 Å². The van der Waals surface area contributed by atoms with Crippen LogP contribution in [-0.4, -0.2) is 14.7 Å². The summed E-state index contributed by atoms with van der Waals surface area (Å²) >= 11 is 0. The number of H-pyrrole nitrogens is 1. The van der Waals surface area contributed by atoms with Crippen molar-refractivity contribution in [3.8, 4) is 5.88 Å². The highest BCUT2D eigenvalue weighted by atomic mass is 16.3. The van der Waals surface area contributed by atoms with E-state index in [0.29, 0.717) is 6.54 Å². The number of rotatable bonds is 4. The Kier molecular flexibility index (Phi) is 4.31. The van der Waals surface area contributed by atoms with Gasteiger partial charge in [-0.1, -0.05) is 51.1 Å². The van der Waals surface area contributed by atoms with Gasteiger partial charge in [0.1, 0.15) is 0 Å². The van der Waals surface area contributed by atoms with Crippen LogP contribution in [0.5, 0.6) is 5.88 Å². The summed E-state index contributed by atoms with van der Waals surface area (Å²) in [5, 5.41) is 10.3. The number of nitrogens with zero attached hydrogens (tertiary/aromatic N) is 1. The number of nitrogens with one attached hydrogen (secondary N) is 1. The number of aromatic hydroxyl groups is 1. The van der Waals surface area contributed by atoms with E-state index in [1.165, 1.54) is 4.57 Å². The lowest BCUT2D eigenvalue weighted by Crippen LogP contribution is -2.33. The van der Waals surface area contributed by atoms with Gasteiger partial charge in [-0.2, -0.15) is 0 Å². The molecule has 0 saturated carbocycles. The number of aromatic amines is 1. The second-order valence-electron chi connectivity index (χ2n) is 5.57. The molecular formula is C16H20N2O3. The second-order valence-corrected chi connectivity index (χ2v) is 5.57. The first kappa shape index (κ1) is 15.1. The maximum Gasteiger partial charge on any atom is 0.331 e. The van der Waals surface area contributed by atoms with E-state index in [-0.39, 0.29) is 23.3 Å². The minimum absolute atomic E-state index is 0.0423. The molecule has 0 aliphatic carbocycles. The van der Waals surface area contributed by atoms with Crippen LogP contribution >= 0.6 is 0 Å². The average molecular weight is 288 g/mol. The maximum atomic E-state index is 11.9. The monoisotopic (exact) mass is 288 g/mol. The first-order valence-corrected chi connectivity index (χ1v) is 7.02. The van der Waals surface area contributed by atoms with Gasteiger partial charge in [0.2, 0.25) is 5.88 Å². The Bertz CT molecular complexity index is 729. The van der Waals surface area contributed by atoms with E-state index in [4.69, 9.17) is 0 Å². The standard InChI is InChI=1S/C16H20N2O3/c1-10(2)13-14(19)17-16(21)18(15(13)20)9-11(3)12-7-5-4-6-8-12/h4-8,10-11,20H,9H2,1-3H3,(H,17,19,21). The molecule has 0 aliphatic heterocycles. The Balaban J connectivity index is 2.43. The van der Waals surface area contributed by atoms with E-state index in [1.54, 1.807) is 13.8 Å². The minimum Gasteiger partial charge on any atom is -0.494 e. The largest absolute Gasteiger partial charge is 0.494 e. The van der Waals surface area contributed by atoms with E-state index in [9.17, 15) is 14.7 Å². The molecule has 5 nitrogen and oxygen atoms in total. The van der Waals surface area contributed by atoms with Crippen LogP contribution in [0, 0.1) is 0 Å². The molecule has 0 fully saturated rings. The van der Waals surface area contributed by atoms with Crippen molar-refractivity contribution in [3.05, 3.63) is 62.3 Å². The molecule has 1 unspecified atom stereocenters. The van der Waals surface area contributed by atoms with Gasteiger partial charge in [-0.05, 0) is 17.4 Å². The van der Waals surface area contributed by atoms with Gasteiger partial charge in [-0.15, -0.1) is 0 Å². The van der Waals surface area contributed by atoms with Gasteiger partial charge >= 0.3 is 5.69 Å². The summed E-state index contributed by atoms with van der Waals surface area (Å²) in [6, 6.07) is 9.74. The average Bonchev–Trinajstić information content (AvgIpc) is 2.43. The molecule has 2 N–H and O–H groups in total. The summed E-state index contributed by atoms with van der Waals surface area (Å²) in [7, 11) is 0. The van der Waals surface area contributed by atoms with E-state index in [2.05, 4.69) is 4.98 Å². The zero-order chi connectivity index (χ0) is 15.6. The van der Waals surface area contributed by atoms with Crippen molar-refractivity contribution < 1.29 is 5.11 Å². The smallest absolute Gasteiger partial charge is 0.331 e. The molecule has 2 rings (SSSR count). The van der Waals surface area contributed by atoms with Gasteiger partial charge < -0.3 is 5.11 Å². The molecule has 0 amide bonds. The molecule has 0 aliphatic rings. The lowest BCUT2D eigenvalue weighted by atomic mass is 10.0. The third-order valence-electron chi connectivity index (χ3n) is 3.61. The van der Waals surface area contributed by atoms with E-state index in [1.807, 2.05) is 37.3 Å². The van der Waals surface area contributed by atoms with Crippen molar-refractivity contribution >= 4 is 0 Å². The molecule has 21 heavy (non-hydrogen) atoms. The first-order chi connectivity index (χ1) is 9.91. The predicted octanol–water partition coefficient (Wildman–Crippen LogP) is 2.17. The molecule has 1 heterocycles. The minimum atomic E-state index is -0.579. The summed E-state index contributed by atoms with van der Waals surface area (Å²) in [4.78, 5) is 26.0. The molecule has 0 saturated heterocycles. The molecule has 112 valence electrons. The van der Waals surface area contributed by atoms with Crippen molar-refractivity contribution in [2.45, 2.75) is 39.2 Å². The molecule has 0 spiro atoms. The van der Waals surface area contributed by atoms with E-state index in [0.717, 1.165) is 5.56 Å². The van der Waals surface area contributed by atoms with E-state index < -0.39 is 11.2 Å². The van der Waals surface area contributed by atoms with Crippen LogP contribution in [0.2, 0.25) is 0 Å². The van der Waals surface area contributed by atoms with Crippen LogP contribution < -0.4 is 11.2 Å². The summed E-state index contributed by atoms with van der Waals surface area (Å²) in [5.41, 5.74) is 0.219. The number of hydrogen-bond acceptors (Lipinski definition) is 3. The third-order valence-corrected chi connectivity index (χ3v) is 3.61. The fraction of sp³-hybridized carbons (Fsp3) is 0.375. The summed E-state index contributed by atoms with van der Waals surface area (Å²) in [6.07, 6.45) is 0. The highest BCUT2D eigenvalue weighted by Crippen LogP contribution is 2.23. The fourth-order valence-electron chi connectivity index (χ4n) is 2.43. The molecule has 1 atom stereocenters. The van der Waals surface area contributed by atoms with Gasteiger partial charge in [0, 0.05) is 6.54 Å². The summed E-state index contributed by atoms with van der Waals surface area (Å²) < 4.78 is 1.23. The molecule has 0 radical (unpaired) electrons. The molecule has 1 aromatic heterocycles. The molecule has 0 bridgehead atoms. The molecule has 5 heteroatoms. The Morgan fingerprint density at radius 3 is 2.33 bits per heavy atom. The molecule has 2 aromatic rings. The van der Waals surface area contributed by atoms with Crippen LogP contribution in [0.15, 0.2) is 39.9 Å². The van der Waals surface area contributed by atoms with Crippen LogP contribution in [0.1, 0.15) is 43.7 Å². The van der Waals surface area contributed by atoms with Gasteiger partial charge in [0.25, 0.3) is 5.56 Å². The fourth-order valence-corrected chi connectivity index (χ4v) is 2.43. The van der Waals surface area contributed by atoms with Gasteiger partial charge in [-0.25, -0.2) is 4.79 Å². The van der Waals surface area contributed by atoms with Crippen molar-refractivity contribution in [2.24, 2.45) is 0 Å². The van der Waals surface area contributed by atoms with Crippen molar-refractivity contribution in [1.82, 2.24) is 9.55 Å². The van der Waals surface area contributed by atoms with Gasteiger partial charge in [0.05, 0.1) is 5.56 Å². The maximum absolute atomic E-state index is 11.9. The van der Waals surface area contributed by atoms with Gasteiger partial charge in [0.15, 0.2) is 0 Å². The Hall–Kier alpha value is -2.30. The number of hydrogen-bond donors (Lipinski definition) is 2. The van der Waals surface area contributed by atoms with Crippen LogP contribution in [0.25, 0.3) is 0 Å². The normalized spacial score (nSPS) is 12.6.